The number of carboxylic acids is 1. The molecule has 0 aliphatic rings. The van der Waals surface area contributed by atoms with E-state index < -0.39 is 11.9 Å². The molecule has 0 aromatic heterocycles. The van der Waals surface area contributed by atoms with E-state index in [0.29, 0.717) is 11.1 Å². The van der Waals surface area contributed by atoms with E-state index >= 15 is 0 Å². The second-order valence-corrected chi connectivity index (χ2v) is 3.28. The Balaban J connectivity index is 3.41. The van der Waals surface area contributed by atoms with Crippen molar-refractivity contribution in [1.82, 2.24) is 0 Å². The highest BCUT2D eigenvalue weighted by Gasteiger charge is 2.16. The molecule has 15 heavy (non-hydrogen) atoms. The van der Waals surface area contributed by atoms with E-state index in [-0.39, 0.29) is 5.56 Å². The fourth-order valence-electron chi connectivity index (χ4n) is 1.40. The average Bonchev–Trinajstić information content (AvgIpc) is 2.19. The summed E-state index contributed by atoms with van der Waals surface area (Å²) >= 11 is 0. The lowest BCUT2D eigenvalue weighted by atomic mass is 9.99. The third-order valence-electron chi connectivity index (χ3n) is 2.19. The maximum absolute atomic E-state index is 11.3. The van der Waals surface area contributed by atoms with Crippen LogP contribution in [0.1, 0.15) is 31.8 Å². The van der Waals surface area contributed by atoms with Crippen LogP contribution in [0.4, 0.5) is 0 Å². The molecular weight excluding hydrogens is 196 g/mol. The standard InChI is InChI=1S/C11H12O4/c1-6-4-8(10(12)13)7(2)9(5-6)11(14)15-3/h4-5H,1-3H3,(H,12,13). The number of carbonyl (C=O) groups excluding carboxylic acids is 1. The first-order chi connectivity index (χ1) is 6.97. The van der Waals surface area contributed by atoms with Crippen molar-refractivity contribution in [1.29, 1.82) is 0 Å². The maximum Gasteiger partial charge on any atom is 0.338 e. The zero-order chi connectivity index (χ0) is 11.6. The Hall–Kier alpha value is -1.84. The normalized spacial score (nSPS) is 9.80. The second-order valence-electron chi connectivity index (χ2n) is 3.28. The Kier molecular flexibility index (Phi) is 3.09. The zero-order valence-electron chi connectivity index (χ0n) is 8.83. The lowest BCUT2D eigenvalue weighted by Gasteiger charge is -2.08. The number of hydrogen-bond acceptors (Lipinski definition) is 3. The van der Waals surface area contributed by atoms with Crippen molar-refractivity contribution in [2.45, 2.75) is 13.8 Å². The quantitative estimate of drug-likeness (QED) is 0.752. The van der Waals surface area contributed by atoms with Gasteiger partial charge in [-0.25, -0.2) is 9.59 Å². The highest BCUT2D eigenvalue weighted by molar-refractivity contribution is 5.97. The summed E-state index contributed by atoms with van der Waals surface area (Å²) in [7, 11) is 1.27. The van der Waals surface area contributed by atoms with Gasteiger partial charge < -0.3 is 9.84 Å². The van der Waals surface area contributed by atoms with Crippen molar-refractivity contribution in [3.63, 3.8) is 0 Å². The van der Waals surface area contributed by atoms with Crippen LogP contribution in [0.25, 0.3) is 0 Å². The monoisotopic (exact) mass is 208 g/mol. The minimum atomic E-state index is -1.04. The molecule has 80 valence electrons. The molecule has 1 N–H and O–H groups in total. The molecule has 1 aromatic rings. The van der Waals surface area contributed by atoms with Crippen LogP contribution in [0.15, 0.2) is 12.1 Å². The predicted molar refractivity (Wildman–Crippen MR) is 54.2 cm³/mol. The molecule has 0 aliphatic carbocycles. The number of rotatable bonds is 2. The first-order valence-corrected chi connectivity index (χ1v) is 4.40. The highest BCUT2D eigenvalue weighted by atomic mass is 16.5. The number of carbonyl (C=O) groups is 2. The van der Waals surface area contributed by atoms with Gasteiger partial charge in [-0.3, -0.25) is 0 Å². The van der Waals surface area contributed by atoms with Crippen LogP contribution < -0.4 is 0 Å². The van der Waals surface area contributed by atoms with E-state index in [4.69, 9.17) is 5.11 Å². The molecule has 0 atom stereocenters. The van der Waals surface area contributed by atoms with Gasteiger partial charge in [0.25, 0.3) is 0 Å². The number of aryl methyl sites for hydroxylation is 1. The van der Waals surface area contributed by atoms with Crippen LogP contribution >= 0.6 is 0 Å². The van der Waals surface area contributed by atoms with Crippen LogP contribution in [0.2, 0.25) is 0 Å². The molecule has 1 rings (SSSR count). The summed E-state index contributed by atoms with van der Waals surface area (Å²) in [5, 5.41) is 8.92. The number of hydrogen-bond donors (Lipinski definition) is 1. The van der Waals surface area contributed by atoms with Crippen LogP contribution in [-0.2, 0) is 4.74 Å². The molecule has 0 saturated heterocycles. The molecule has 0 heterocycles. The van der Waals surface area contributed by atoms with Crippen molar-refractivity contribution in [3.05, 3.63) is 34.4 Å². The molecule has 0 unspecified atom stereocenters. The lowest BCUT2D eigenvalue weighted by molar-refractivity contribution is 0.0600. The van der Waals surface area contributed by atoms with Crippen molar-refractivity contribution in [2.24, 2.45) is 0 Å². The zero-order valence-corrected chi connectivity index (χ0v) is 8.83. The van der Waals surface area contributed by atoms with Crippen LogP contribution in [0, 0.1) is 13.8 Å². The van der Waals surface area contributed by atoms with Gasteiger partial charge in [0.2, 0.25) is 0 Å². The van der Waals surface area contributed by atoms with Gasteiger partial charge in [0, 0.05) is 0 Å². The summed E-state index contributed by atoms with van der Waals surface area (Å²) in [5.41, 5.74) is 1.59. The number of methoxy groups -OCH3 is 1. The summed E-state index contributed by atoms with van der Waals surface area (Å²) in [5.74, 6) is -1.56. The van der Waals surface area contributed by atoms with Crippen molar-refractivity contribution >= 4 is 11.9 Å². The largest absolute Gasteiger partial charge is 0.478 e. The number of aromatic carboxylic acids is 1. The molecule has 0 bridgehead atoms. The number of ether oxygens (including phenoxy) is 1. The molecule has 0 spiro atoms. The molecule has 0 fully saturated rings. The fraction of sp³-hybridized carbons (Fsp3) is 0.273. The van der Waals surface area contributed by atoms with Gasteiger partial charge in [-0.15, -0.1) is 0 Å². The highest BCUT2D eigenvalue weighted by Crippen LogP contribution is 2.17. The summed E-state index contributed by atoms with van der Waals surface area (Å²) < 4.78 is 4.57. The van der Waals surface area contributed by atoms with E-state index in [1.54, 1.807) is 19.9 Å². The van der Waals surface area contributed by atoms with Crippen LogP contribution in [0.5, 0.6) is 0 Å². The Labute approximate surface area is 87.5 Å². The first-order valence-electron chi connectivity index (χ1n) is 4.40. The molecule has 1 aromatic carbocycles. The van der Waals surface area contributed by atoms with E-state index in [9.17, 15) is 9.59 Å². The molecule has 4 nitrogen and oxygen atoms in total. The van der Waals surface area contributed by atoms with E-state index in [1.165, 1.54) is 13.2 Å². The van der Waals surface area contributed by atoms with E-state index in [2.05, 4.69) is 4.74 Å². The number of esters is 1. The van der Waals surface area contributed by atoms with Gasteiger partial charge in [0.15, 0.2) is 0 Å². The SMILES string of the molecule is COC(=O)c1cc(C)cc(C(=O)O)c1C. The minimum absolute atomic E-state index is 0.135. The third kappa shape index (κ3) is 2.15. The van der Waals surface area contributed by atoms with E-state index in [0.717, 1.165) is 5.56 Å². The molecule has 0 amide bonds. The molecular formula is C11H12O4. The topological polar surface area (TPSA) is 63.6 Å². The van der Waals surface area contributed by atoms with Gasteiger partial charge in [-0.05, 0) is 37.1 Å². The second kappa shape index (κ2) is 4.13. The first kappa shape index (κ1) is 11.2. The van der Waals surface area contributed by atoms with E-state index in [1.807, 2.05) is 0 Å². The number of benzene rings is 1. The van der Waals surface area contributed by atoms with Gasteiger partial charge >= 0.3 is 11.9 Å². The van der Waals surface area contributed by atoms with Crippen molar-refractivity contribution in [3.8, 4) is 0 Å². The lowest BCUT2D eigenvalue weighted by Crippen LogP contribution is -2.09. The Morgan fingerprint density at radius 1 is 1.20 bits per heavy atom. The van der Waals surface area contributed by atoms with Crippen LogP contribution in [0.3, 0.4) is 0 Å². The summed E-state index contributed by atoms with van der Waals surface area (Å²) in [6.45, 7) is 3.33. The molecule has 0 aliphatic heterocycles. The molecule has 0 saturated carbocycles. The Morgan fingerprint density at radius 3 is 2.20 bits per heavy atom. The summed E-state index contributed by atoms with van der Waals surface area (Å²) in [6.07, 6.45) is 0. The van der Waals surface area contributed by atoms with Crippen molar-refractivity contribution < 1.29 is 19.4 Å². The summed E-state index contributed by atoms with van der Waals surface area (Å²) in [4.78, 5) is 22.2. The molecule has 4 heteroatoms. The van der Waals surface area contributed by atoms with Crippen LogP contribution in [-0.4, -0.2) is 24.2 Å². The van der Waals surface area contributed by atoms with Gasteiger partial charge in [0.05, 0.1) is 18.2 Å². The average molecular weight is 208 g/mol. The van der Waals surface area contributed by atoms with Crippen molar-refractivity contribution in [2.75, 3.05) is 7.11 Å². The fourth-order valence-corrected chi connectivity index (χ4v) is 1.40. The Bertz CT molecular complexity index is 421. The third-order valence-corrected chi connectivity index (χ3v) is 2.19. The maximum atomic E-state index is 11.3. The smallest absolute Gasteiger partial charge is 0.338 e. The molecule has 0 radical (unpaired) electrons. The Morgan fingerprint density at radius 2 is 1.73 bits per heavy atom. The minimum Gasteiger partial charge on any atom is -0.478 e. The van der Waals surface area contributed by atoms with Gasteiger partial charge in [0.1, 0.15) is 0 Å². The number of carboxylic acid groups (broad SMARTS) is 1. The van der Waals surface area contributed by atoms with Gasteiger partial charge in [-0.1, -0.05) is 0 Å². The summed E-state index contributed by atoms with van der Waals surface area (Å²) in [6, 6.07) is 3.15. The van der Waals surface area contributed by atoms with Gasteiger partial charge in [-0.2, -0.15) is 0 Å². The predicted octanol–water partition coefficient (Wildman–Crippen LogP) is 1.79.